The Balaban J connectivity index is 1.09. The lowest BCUT2D eigenvalue weighted by Gasteiger charge is -2.17. The fraction of sp³-hybridized carbons (Fsp3) is 0.323. The van der Waals surface area contributed by atoms with Gasteiger partial charge < -0.3 is 15.0 Å². The molecule has 3 aliphatic rings. The highest BCUT2D eigenvalue weighted by molar-refractivity contribution is 6.13. The predicted molar refractivity (Wildman–Crippen MR) is 157 cm³/mol. The molecule has 43 heavy (non-hydrogen) atoms. The molecule has 0 bridgehead atoms. The fourth-order valence-electron chi connectivity index (χ4n) is 5.57. The number of imide groups is 1. The number of fused-ring (bicyclic) bond motifs is 1. The second-order valence-electron chi connectivity index (χ2n) is 11.5. The van der Waals surface area contributed by atoms with E-state index >= 15 is 0 Å². The fourth-order valence-corrected chi connectivity index (χ4v) is 5.57. The maximum absolute atomic E-state index is 13.0. The van der Waals surface area contributed by atoms with Crippen molar-refractivity contribution in [1.82, 2.24) is 24.3 Å². The van der Waals surface area contributed by atoms with E-state index in [1.54, 1.807) is 24.4 Å². The van der Waals surface area contributed by atoms with Crippen LogP contribution in [0.25, 0.3) is 5.65 Å². The van der Waals surface area contributed by atoms with Gasteiger partial charge in [-0.2, -0.15) is 5.26 Å². The van der Waals surface area contributed by atoms with Crippen molar-refractivity contribution in [2.45, 2.75) is 44.6 Å². The van der Waals surface area contributed by atoms with Gasteiger partial charge in [0.05, 0.1) is 29.6 Å². The number of nitrogens with one attached hydrogen (secondary N) is 2. The predicted octanol–water partition coefficient (Wildman–Crippen LogP) is 3.93. The summed E-state index contributed by atoms with van der Waals surface area (Å²) in [5, 5.41) is 15.9. The number of likely N-dealkylation sites (N-methyl/N-ethyl adjacent to an activating group) is 1. The Hall–Kier alpha value is -5.31. The molecule has 2 atom stereocenters. The van der Waals surface area contributed by atoms with E-state index in [0.29, 0.717) is 58.7 Å². The molecule has 216 valence electrons. The lowest BCUT2D eigenvalue weighted by Crippen LogP contribution is -2.30. The first-order chi connectivity index (χ1) is 20.8. The molecular formula is C31H29N9O3. The molecule has 2 unspecified atom stereocenters. The zero-order valence-corrected chi connectivity index (χ0v) is 23.7. The van der Waals surface area contributed by atoms with Crippen LogP contribution >= 0.6 is 0 Å². The summed E-state index contributed by atoms with van der Waals surface area (Å²) in [6, 6.07) is 10.7. The summed E-state index contributed by atoms with van der Waals surface area (Å²) < 4.78 is 1.91. The Bertz CT molecular complexity index is 1860. The Morgan fingerprint density at radius 1 is 1.12 bits per heavy atom. The van der Waals surface area contributed by atoms with Crippen LogP contribution < -0.4 is 15.5 Å². The minimum absolute atomic E-state index is 0.00798. The van der Waals surface area contributed by atoms with Gasteiger partial charge in [-0.3, -0.25) is 19.4 Å². The van der Waals surface area contributed by atoms with E-state index in [1.165, 1.54) is 11.9 Å². The third-order valence-corrected chi connectivity index (χ3v) is 8.20. The number of hydrogen-bond acceptors (Lipinski definition) is 8. The van der Waals surface area contributed by atoms with Gasteiger partial charge in [-0.1, -0.05) is 0 Å². The zero-order valence-electron chi connectivity index (χ0n) is 23.7. The number of imidazole rings is 1. The number of carbonyl (C=O) groups excluding carboxylic acids is 3. The van der Waals surface area contributed by atoms with Crippen molar-refractivity contribution in [3.05, 3.63) is 77.3 Å². The molecule has 4 amide bonds. The van der Waals surface area contributed by atoms with E-state index in [-0.39, 0.29) is 36.2 Å². The zero-order chi connectivity index (χ0) is 29.8. The van der Waals surface area contributed by atoms with Gasteiger partial charge in [0.15, 0.2) is 5.65 Å². The van der Waals surface area contributed by atoms with E-state index in [0.717, 1.165) is 29.0 Å². The van der Waals surface area contributed by atoms with Crippen LogP contribution in [0.2, 0.25) is 0 Å². The summed E-state index contributed by atoms with van der Waals surface area (Å²) in [4.78, 5) is 54.2. The Labute approximate surface area is 247 Å². The molecule has 3 aromatic heterocycles. The Morgan fingerprint density at radius 2 is 1.93 bits per heavy atom. The van der Waals surface area contributed by atoms with Crippen molar-refractivity contribution in [2.24, 2.45) is 5.92 Å². The van der Waals surface area contributed by atoms with E-state index in [1.807, 2.05) is 35.9 Å². The van der Waals surface area contributed by atoms with Gasteiger partial charge in [0.2, 0.25) is 11.8 Å². The molecule has 4 heterocycles. The number of aryl methyl sites for hydroxylation is 1. The summed E-state index contributed by atoms with van der Waals surface area (Å²) in [6.45, 7) is 2.22. The number of hydrogen-bond donors (Lipinski definition) is 2. The largest absolute Gasteiger partial charge is 0.379 e. The van der Waals surface area contributed by atoms with Gasteiger partial charge in [-0.25, -0.2) is 19.7 Å². The minimum Gasteiger partial charge on any atom is -0.379 e. The van der Waals surface area contributed by atoms with Crippen molar-refractivity contribution in [3.8, 4) is 6.07 Å². The van der Waals surface area contributed by atoms with E-state index in [2.05, 4.69) is 26.7 Å². The van der Waals surface area contributed by atoms with Crippen molar-refractivity contribution >= 4 is 40.6 Å². The van der Waals surface area contributed by atoms with Crippen molar-refractivity contribution in [2.75, 3.05) is 29.1 Å². The van der Waals surface area contributed by atoms with Gasteiger partial charge >= 0.3 is 6.03 Å². The Kier molecular flexibility index (Phi) is 6.30. The lowest BCUT2D eigenvalue weighted by atomic mass is 10.1. The highest BCUT2D eigenvalue weighted by Gasteiger charge is 2.46. The smallest absolute Gasteiger partial charge is 0.331 e. The highest BCUT2D eigenvalue weighted by atomic mass is 16.2. The standard InChI is InChI=1S/C31H29N9O3/c1-17-5-6-33-28(35-17)24-11-25(24)30(42)37-22-8-18(12-32)7-21(10-22)34-13-23-15-39-14-20(19-3-4-19)9-26(29(39)36-23)40-16-27(41)38(2)31(40)43/h5-10,14-15,19,24-25,34H,3-4,11,13,16H2,1-2H3,(H,37,42). The number of nitriles is 1. The second kappa shape index (κ2) is 10.2. The topological polar surface area (TPSA) is 149 Å². The average molecular weight is 576 g/mol. The second-order valence-corrected chi connectivity index (χ2v) is 11.5. The molecule has 7 rings (SSSR count). The molecule has 2 aliphatic carbocycles. The van der Waals surface area contributed by atoms with Gasteiger partial charge in [0.1, 0.15) is 12.4 Å². The first kappa shape index (κ1) is 26.6. The minimum atomic E-state index is -0.366. The number of urea groups is 1. The number of aromatic nitrogens is 4. The quantitative estimate of drug-likeness (QED) is 0.300. The normalized spacial score (nSPS) is 19.6. The van der Waals surface area contributed by atoms with Crippen LogP contribution in [-0.2, 0) is 16.1 Å². The van der Waals surface area contributed by atoms with E-state index in [4.69, 9.17) is 4.98 Å². The third-order valence-electron chi connectivity index (χ3n) is 8.20. The molecular weight excluding hydrogens is 546 g/mol. The number of anilines is 3. The van der Waals surface area contributed by atoms with Gasteiger partial charge in [-0.05, 0) is 68.0 Å². The van der Waals surface area contributed by atoms with Crippen LogP contribution in [-0.4, -0.2) is 55.7 Å². The molecule has 0 spiro atoms. The molecule has 2 N–H and O–H groups in total. The maximum Gasteiger partial charge on any atom is 0.331 e. The number of amides is 4. The number of benzene rings is 1. The average Bonchev–Trinajstić information content (AvgIpc) is 3.93. The molecule has 2 saturated carbocycles. The van der Waals surface area contributed by atoms with Crippen molar-refractivity contribution in [3.63, 3.8) is 0 Å². The van der Waals surface area contributed by atoms with Crippen LogP contribution in [0.1, 0.15) is 59.4 Å². The lowest BCUT2D eigenvalue weighted by molar-refractivity contribution is -0.124. The number of carbonyl (C=O) groups is 3. The molecule has 1 aromatic carbocycles. The van der Waals surface area contributed by atoms with Crippen LogP contribution in [0.3, 0.4) is 0 Å². The number of nitrogens with zero attached hydrogens (tertiary/aromatic N) is 7. The summed E-state index contributed by atoms with van der Waals surface area (Å²) in [7, 11) is 1.49. The van der Waals surface area contributed by atoms with Crippen molar-refractivity contribution in [1.29, 1.82) is 5.26 Å². The molecule has 12 heteroatoms. The summed E-state index contributed by atoms with van der Waals surface area (Å²) in [5.41, 5.74) is 5.48. The molecule has 4 aromatic rings. The van der Waals surface area contributed by atoms with Gasteiger partial charge in [-0.15, -0.1) is 0 Å². The van der Waals surface area contributed by atoms with E-state index in [9.17, 15) is 19.6 Å². The molecule has 3 fully saturated rings. The highest BCUT2D eigenvalue weighted by Crippen LogP contribution is 2.46. The molecule has 1 saturated heterocycles. The monoisotopic (exact) mass is 575 g/mol. The summed E-state index contributed by atoms with van der Waals surface area (Å²) in [5.74, 6) is 0.516. The number of rotatable bonds is 8. The van der Waals surface area contributed by atoms with Crippen LogP contribution in [0.5, 0.6) is 0 Å². The first-order valence-electron chi connectivity index (χ1n) is 14.3. The molecule has 1 aliphatic heterocycles. The van der Waals surface area contributed by atoms with Crippen LogP contribution in [0.15, 0.2) is 48.9 Å². The van der Waals surface area contributed by atoms with Gasteiger partial charge in [0.25, 0.3) is 0 Å². The SMILES string of the molecule is Cc1ccnc(C2CC2C(=O)Nc2cc(C#N)cc(NCc3cn4cc(C5CC5)cc(N5CC(=O)N(C)C5=O)c4n3)c2)n1. The number of pyridine rings is 1. The van der Waals surface area contributed by atoms with Crippen LogP contribution in [0, 0.1) is 24.2 Å². The van der Waals surface area contributed by atoms with Gasteiger partial charge in [0, 0.05) is 54.5 Å². The van der Waals surface area contributed by atoms with E-state index < -0.39 is 0 Å². The third kappa shape index (κ3) is 5.14. The first-order valence-corrected chi connectivity index (χ1v) is 14.3. The maximum atomic E-state index is 13.0. The molecule has 12 nitrogen and oxygen atoms in total. The van der Waals surface area contributed by atoms with Crippen LogP contribution in [0.4, 0.5) is 21.9 Å². The summed E-state index contributed by atoms with van der Waals surface area (Å²) >= 11 is 0. The summed E-state index contributed by atoms with van der Waals surface area (Å²) in [6.07, 6.45) is 8.52. The van der Waals surface area contributed by atoms with Crippen molar-refractivity contribution < 1.29 is 14.4 Å². The Morgan fingerprint density at radius 3 is 2.65 bits per heavy atom. The molecule has 0 radical (unpaired) electrons.